The number of aromatic nitrogens is 2. The van der Waals surface area contributed by atoms with Crippen molar-refractivity contribution in [3.8, 4) is 0 Å². The number of hydrogen-bond donors (Lipinski definition) is 2. The fourth-order valence-corrected chi connectivity index (χ4v) is 2.79. The minimum Gasteiger partial charge on any atom is -0.445 e. The number of benzene rings is 1. The van der Waals surface area contributed by atoms with Crippen LogP contribution in [0.2, 0.25) is 0 Å². The summed E-state index contributed by atoms with van der Waals surface area (Å²) in [5, 5.41) is 4.37. The Morgan fingerprint density at radius 2 is 2.09 bits per heavy atom. The second-order valence-corrected chi connectivity index (χ2v) is 6.18. The van der Waals surface area contributed by atoms with Gasteiger partial charge in [-0.3, -0.25) is 0 Å². The van der Waals surface area contributed by atoms with E-state index in [4.69, 9.17) is 4.74 Å². The van der Waals surface area contributed by atoms with Crippen LogP contribution < -0.4 is 5.32 Å². The second kappa shape index (κ2) is 5.93. The molecule has 0 fully saturated rings. The fourth-order valence-electron chi connectivity index (χ4n) is 2.53. The number of allylic oxidation sites excluding steroid dienone is 1. The molecule has 2 N–H and O–H groups in total. The first kappa shape index (κ1) is 14.1. The highest BCUT2D eigenvalue weighted by Gasteiger charge is 2.13. The molecule has 0 amide bonds. The summed E-state index contributed by atoms with van der Waals surface area (Å²) in [6.07, 6.45) is 8.60. The van der Waals surface area contributed by atoms with E-state index in [1.165, 1.54) is 0 Å². The van der Waals surface area contributed by atoms with Gasteiger partial charge in [-0.15, -0.1) is 0 Å². The van der Waals surface area contributed by atoms with E-state index in [0.29, 0.717) is 0 Å². The van der Waals surface area contributed by atoms with Gasteiger partial charge in [0.2, 0.25) is 0 Å². The third-order valence-corrected chi connectivity index (χ3v) is 4.17. The average molecular weight is 368 g/mol. The van der Waals surface area contributed by atoms with Crippen LogP contribution in [0.5, 0.6) is 0 Å². The average Bonchev–Trinajstić information content (AvgIpc) is 3.18. The molecule has 0 saturated carbocycles. The number of aromatic amines is 1. The van der Waals surface area contributed by atoms with E-state index in [1.54, 1.807) is 6.20 Å². The van der Waals surface area contributed by atoms with Gasteiger partial charge < -0.3 is 15.0 Å². The molecule has 1 aliphatic rings. The second-order valence-electron chi connectivity index (χ2n) is 5.26. The Kier molecular flexibility index (Phi) is 3.63. The molecule has 3 aromatic rings. The van der Waals surface area contributed by atoms with E-state index >= 15 is 0 Å². The molecule has 1 aliphatic heterocycles. The molecule has 2 aromatic heterocycles. The normalized spacial score (nSPS) is 15.7. The molecule has 3 heterocycles. The molecule has 23 heavy (non-hydrogen) atoms. The number of nitrogens with one attached hydrogen (secondary N) is 2. The van der Waals surface area contributed by atoms with E-state index in [-0.39, 0.29) is 0 Å². The molecule has 0 bridgehead atoms. The molecule has 5 heteroatoms. The quantitative estimate of drug-likeness (QED) is 0.681. The largest absolute Gasteiger partial charge is 0.445 e. The van der Waals surface area contributed by atoms with E-state index < -0.39 is 0 Å². The lowest BCUT2D eigenvalue weighted by Crippen LogP contribution is -1.98. The number of H-pyrrole nitrogens is 1. The van der Waals surface area contributed by atoms with Crippen molar-refractivity contribution < 1.29 is 4.74 Å². The molecule has 0 spiro atoms. The van der Waals surface area contributed by atoms with Crippen molar-refractivity contribution in [3.63, 3.8) is 0 Å². The first-order valence-corrected chi connectivity index (χ1v) is 8.10. The summed E-state index contributed by atoms with van der Waals surface area (Å²) in [5.41, 5.74) is 2.97. The highest BCUT2D eigenvalue weighted by Crippen LogP contribution is 2.27. The third-order valence-electron chi connectivity index (χ3n) is 3.64. The molecule has 4 rings (SSSR count). The smallest absolute Gasteiger partial charge is 0.193 e. The standard InChI is InChI=1S/C18H14BrN3O/c19-13-3-5-14(6-4-13)22-17-8-7-15(23-17)10-12-11-21-18-16(12)2-1-9-20-18/h1-6,8-11,22H,7H2,(H,20,21). The van der Waals surface area contributed by atoms with Gasteiger partial charge in [0.05, 0.1) is 0 Å². The van der Waals surface area contributed by atoms with Crippen LogP contribution in [0.3, 0.4) is 0 Å². The van der Waals surface area contributed by atoms with Gasteiger partial charge in [0.15, 0.2) is 5.88 Å². The van der Waals surface area contributed by atoms with Gasteiger partial charge in [-0.2, -0.15) is 0 Å². The van der Waals surface area contributed by atoms with Crippen LogP contribution in [0.1, 0.15) is 12.0 Å². The minimum absolute atomic E-state index is 0.761. The van der Waals surface area contributed by atoms with Crippen LogP contribution in [-0.2, 0) is 4.74 Å². The predicted molar refractivity (Wildman–Crippen MR) is 95.6 cm³/mol. The molecule has 114 valence electrons. The van der Waals surface area contributed by atoms with Crippen molar-refractivity contribution >= 4 is 38.7 Å². The Hall–Kier alpha value is -2.53. The van der Waals surface area contributed by atoms with Crippen LogP contribution in [0.25, 0.3) is 17.1 Å². The number of pyridine rings is 1. The number of ether oxygens (including phenoxy) is 1. The molecule has 1 aromatic carbocycles. The van der Waals surface area contributed by atoms with Crippen molar-refractivity contribution in [3.05, 3.63) is 76.5 Å². The zero-order valence-corrected chi connectivity index (χ0v) is 13.8. The van der Waals surface area contributed by atoms with Gasteiger partial charge in [-0.1, -0.05) is 15.9 Å². The molecule has 0 atom stereocenters. The summed E-state index contributed by atoms with van der Waals surface area (Å²) < 4.78 is 6.94. The summed E-state index contributed by atoms with van der Waals surface area (Å²) in [5.74, 6) is 1.67. The number of hydrogen-bond acceptors (Lipinski definition) is 3. The van der Waals surface area contributed by atoms with Crippen molar-refractivity contribution in [1.82, 2.24) is 9.97 Å². The van der Waals surface area contributed by atoms with Gasteiger partial charge >= 0.3 is 0 Å². The first-order valence-electron chi connectivity index (χ1n) is 7.31. The van der Waals surface area contributed by atoms with Crippen LogP contribution in [0, 0.1) is 0 Å². The maximum absolute atomic E-state index is 5.88. The van der Waals surface area contributed by atoms with E-state index in [9.17, 15) is 0 Å². The first-order chi connectivity index (χ1) is 11.3. The Bertz CT molecular complexity index is 909. The molecular formula is C18H14BrN3O. The molecule has 0 saturated heterocycles. The lowest BCUT2D eigenvalue weighted by molar-refractivity contribution is 0.333. The van der Waals surface area contributed by atoms with E-state index in [1.807, 2.05) is 48.7 Å². The lowest BCUT2D eigenvalue weighted by atomic mass is 10.2. The number of fused-ring (bicyclic) bond motifs is 1. The summed E-state index contributed by atoms with van der Waals surface area (Å²) in [6, 6.07) is 12.0. The molecular weight excluding hydrogens is 354 g/mol. The van der Waals surface area contributed by atoms with Crippen molar-refractivity contribution in [1.29, 1.82) is 0 Å². The van der Waals surface area contributed by atoms with Crippen LogP contribution >= 0.6 is 15.9 Å². The molecule has 0 unspecified atom stereocenters. The highest BCUT2D eigenvalue weighted by molar-refractivity contribution is 9.10. The monoisotopic (exact) mass is 367 g/mol. The zero-order valence-electron chi connectivity index (χ0n) is 12.2. The molecule has 4 nitrogen and oxygen atoms in total. The Labute approximate surface area is 142 Å². The molecule has 0 radical (unpaired) electrons. The van der Waals surface area contributed by atoms with Crippen molar-refractivity contribution in [2.45, 2.75) is 6.42 Å². The van der Waals surface area contributed by atoms with Gasteiger partial charge in [-0.25, -0.2) is 4.98 Å². The zero-order chi connectivity index (χ0) is 15.6. The summed E-state index contributed by atoms with van der Waals surface area (Å²) in [7, 11) is 0. The predicted octanol–water partition coefficient (Wildman–Crippen LogP) is 5.04. The van der Waals surface area contributed by atoms with Gasteiger partial charge in [0, 0.05) is 39.9 Å². The Morgan fingerprint density at radius 3 is 2.96 bits per heavy atom. The Morgan fingerprint density at radius 1 is 1.22 bits per heavy atom. The maximum Gasteiger partial charge on any atom is 0.193 e. The lowest BCUT2D eigenvalue weighted by Gasteiger charge is -2.08. The fraction of sp³-hybridized carbons (Fsp3) is 0.0556. The summed E-state index contributed by atoms with van der Waals surface area (Å²) in [4.78, 5) is 7.47. The number of rotatable bonds is 3. The van der Waals surface area contributed by atoms with Gasteiger partial charge in [0.25, 0.3) is 0 Å². The Balaban J connectivity index is 1.49. The van der Waals surface area contributed by atoms with E-state index in [0.717, 1.165) is 44.8 Å². The van der Waals surface area contributed by atoms with Crippen LogP contribution in [0.15, 0.2) is 71.0 Å². The van der Waals surface area contributed by atoms with Gasteiger partial charge in [0.1, 0.15) is 11.4 Å². The number of anilines is 1. The van der Waals surface area contributed by atoms with Crippen molar-refractivity contribution in [2.75, 3.05) is 5.32 Å². The highest BCUT2D eigenvalue weighted by atomic mass is 79.9. The number of nitrogens with zero attached hydrogens (tertiary/aromatic N) is 1. The van der Waals surface area contributed by atoms with Crippen molar-refractivity contribution in [2.24, 2.45) is 0 Å². The topological polar surface area (TPSA) is 49.9 Å². The maximum atomic E-state index is 5.88. The SMILES string of the molecule is Brc1ccc(NC2=CCC(=Cc3c[nH]c4ncccc34)O2)cc1. The van der Waals surface area contributed by atoms with Crippen LogP contribution in [0.4, 0.5) is 5.69 Å². The number of halogens is 1. The summed E-state index contributed by atoms with van der Waals surface area (Å²) >= 11 is 3.43. The van der Waals surface area contributed by atoms with E-state index in [2.05, 4.69) is 37.3 Å². The van der Waals surface area contributed by atoms with Crippen LogP contribution in [-0.4, -0.2) is 9.97 Å². The third kappa shape index (κ3) is 3.00. The minimum atomic E-state index is 0.761. The molecule has 0 aliphatic carbocycles. The summed E-state index contributed by atoms with van der Waals surface area (Å²) in [6.45, 7) is 0. The van der Waals surface area contributed by atoms with Gasteiger partial charge in [-0.05, 0) is 48.6 Å².